The summed E-state index contributed by atoms with van der Waals surface area (Å²) in [5.74, 6) is -5.08. The average Bonchev–Trinajstić information content (AvgIpc) is 2.69. The van der Waals surface area contributed by atoms with Crippen LogP contribution in [0.4, 0.5) is 0 Å². The molecule has 2 atom stereocenters. The molecule has 0 saturated carbocycles. The van der Waals surface area contributed by atoms with Crippen LogP contribution in [0.3, 0.4) is 0 Å². The Bertz CT molecular complexity index is 494. The standard InChI is InChI=1S/C13H16O9/c1-7(14)18-11-5-6-13(22-11,21-10(4)17)12(19-8(2)15)20-9(3)16/h5-6,11-12H,1-4H3. The van der Waals surface area contributed by atoms with Crippen molar-refractivity contribution in [3.63, 3.8) is 0 Å². The van der Waals surface area contributed by atoms with Gasteiger partial charge in [0.2, 0.25) is 6.29 Å². The molecule has 0 fully saturated rings. The van der Waals surface area contributed by atoms with Crippen LogP contribution in [0, 0.1) is 0 Å². The van der Waals surface area contributed by atoms with E-state index in [1.54, 1.807) is 0 Å². The van der Waals surface area contributed by atoms with Gasteiger partial charge < -0.3 is 18.9 Å². The summed E-state index contributed by atoms with van der Waals surface area (Å²) in [7, 11) is 0. The molecule has 0 aromatic rings. The summed E-state index contributed by atoms with van der Waals surface area (Å²) < 4.78 is 24.7. The Hall–Kier alpha value is -2.42. The summed E-state index contributed by atoms with van der Waals surface area (Å²) in [6.45, 7) is 4.37. The molecular formula is C13H16O9. The Morgan fingerprint density at radius 2 is 1.50 bits per heavy atom. The molecule has 0 aliphatic carbocycles. The van der Waals surface area contributed by atoms with Crippen LogP contribution in [-0.4, -0.2) is 42.2 Å². The van der Waals surface area contributed by atoms with Crippen molar-refractivity contribution in [2.75, 3.05) is 0 Å². The van der Waals surface area contributed by atoms with Gasteiger partial charge in [0.25, 0.3) is 0 Å². The SMILES string of the molecule is CC(=O)OC1C=CC(OC(C)=O)(C(OC(C)=O)OC(C)=O)O1. The Kier molecular flexibility index (Phi) is 5.63. The fourth-order valence-corrected chi connectivity index (χ4v) is 1.65. The summed E-state index contributed by atoms with van der Waals surface area (Å²) in [4.78, 5) is 44.6. The summed E-state index contributed by atoms with van der Waals surface area (Å²) in [6, 6.07) is 0. The van der Waals surface area contributed by atoms with Crippen LogP contribution in [0.2, 0.25) is 0 Å². The van der Waals surface area contributed by atoms with E-state index in [0.29, 0.717) is 0 Å². The molecule has 122 valence electrons. The first kappa shape index (κ1) is 17.6. The molecule has 0 amide bonds. The highest BCUT2D eigenvalue weighted by molar-refractivity contribution is 5.70. The van der Waals surface area contributed by atoms with E-state index in [4.69, 9.17) is 23.7 Å². The van der Waals surface area contributed by atoms with Crippen molar-refractivity contribution in [1.29, 1.82) is 0 Å². The van der Waals surface area contributed by atoms with Gasteiger partial charge in [-0.15, -0.1) is 0 Å². The number of carbonyl (C=O) groups excluding carboxylic acids is 4. The number of ether oxygens (including phenoxy) is 5. The van der Waals surface area contributed by atoms with Crippen molar-refractivity contribution < 1.29 is 42.9 Å². The number of rotatable bonds is 5. The molecule has 1 heterocycles. The molecule has 0 aromatic heterocycles. The second-order valence-electron chi connectivity index (χ2n) is 4.32. The van der Waals surface area contributed by atoms with E-state index in [1.165, 1.54) is 12.2 Å². The Morgan fingerprint density at radius 3 is 1.91 bits per heavy atom. The van der Waals surface area contributed by atoms with Crippen molar-refractivity contribution in [3.05, 3.63) is 12.2 Å². The van der Waals surface area contributed by atoms with E-state index in [-0.39, 0.29) is 0 Å². The molecule has 0 saturated heterocycles. The first-order valence-electron chi connectivity index (χ1n) is 6.23. The Morgan fingerprint density at radius 1 is 0.955 bits per heavy atom. The fourth-order valence-electron chi connectivity index (χ4n) is 1.65. The van der Waals surface area contributed by atoms with Gasteiger partial charge in [0.05, 0.1) is 0 Å². The van der Waals surface area contributed by atoms with E-state index in [2.05, 4.69) is 0 Å². The van der Waals surface area contributed by atoms with Crippen molar-refractivity contribution in [1.82, 2.24) is 0 Å². The van der Waals surface area contributed by atoms with Crippen LogP contribution in [0.15, 0.2) is 12.2 Å². The molecule has 0 bridgehead atoms. The van der Waals surface area contributed by atoms with Crippen molar-refractivity contribution in [2.24, 2.45) is 0 Å². The van der Waals surface area contributed by atoms with Gasteiger partial charge >= 0.3 is 36.0 Å². The van der Waals surface area contributed by atoms with E-state index >= 15 is 0 Å². The maximum Gasteiger partial charge on any atom is 0.316 e. The molecule has 0 radical (unpaired) electrons. The van der Waals surface area contributed by atoms with Crippen molar-refractivity contribution in [2.45, 2.75) is 46.1 Å². The first-order valence-corrected chi connectivity index (χ1v) is 6.23. The van der Waals surface area contributed by atoms with E-state index in [0.717, 1.165) is 27.7 Å². The van der Waals surface area contributed by atoms with E-state index in [9.17, 15) is 19.2 Å². The van der Waals surface area contributed by atoms with Crippen LogP contribution >= 0.6 is 0 Å². The molecule has 0 aromatic carbocycles. The fraction of sp³-hybridized carbons (Fsp3) is 0.538. The number of hydrogen-bond donors (Lipinski definition) is 0. The summed E-state index contributed by atoms with van der Waals surface area (Å²) in [5, 5.41) is 0. The molecule has 22 heavy (non-hydrogen) atoms. The topological polar surface area (TPSA) is 114 Å². The zero-order valence-corrected chi connectivity index (χ0v) is 12.5. The van der Waals surface area contributed by atoms with E-state index < -0.39 is 42.2 Å². The molecule has 9 heteroatoms. The highest BCUT2D eigenvalue weighted by atomic mass is 16.8. The molecule has 1 rings (SSSR count). The highest BCUT2D eigenvalue weighted by Crippen LogP contribution is 2.32. The second kappa shape index (κ2) is 7.03. The van der Waals surface area contributed by atoms with Gasteiger partial charge in [0.1, 0.15) is 0 Å². The molecular weight excluding hydrogens is 300 g/mol. The summed E-state index contributed by atoms with van der Waals surface area (Å²) in [6.07, 6.45) is -0.461. The predicted molar refractivity (Wildman–Crippen MR) is 67.6 cm³/mol. The monoisotopic (exact) mass is 316 g/mol. The van der Waals surface area contributed by atoms with Gasteiger partial charge in [-0.05, 0) is 12.2 Å². The minimum absolute atomic E-state index is 0.648. The van der Waals surface area contributed by atoms with Gasteiger partial charge in [-0.2, -0.15) is 0 Å². The first-order chi connectivity index (χ1) is 10.1. The molecule has 2 unspecified atom stereocenters. The second-order valence-corrected chi connectivity index (χ2v) is 4.32. The molecule has 1 aliphatic heterocycles. The van der Waals surface area contributed by atoms with Gasteiger partial charge in [0.15, 0.2) is 0 Å². The Balaban J connectivity index is 3.06. The lowest BCUT2D eigenvalue weighted by Crippen LogP contribution is -2.50. The third-order valence-corrected chi connectivity index (χ3v) is 2.25. The smallest absolute Gasteiger partial charge is 0.316 e. The van der Waals surface area contributed by atoms with Crippen LogP contribution in [0.25, 0.3) is 0 Å². The largest absolute Gasteiger partial charge is 0.432 e. The number of hydrogen-bond acceptors (Lipinski definition) is 9. The molecule has 0 N–H and O–H groups in total. The summed E-state index contributed by atoms with van der Waals surface area (Å²) >= 11 is 0. The van der Waals surface area contributed by atoms with Gasteiger partial charge in [-0.1, -0.05) is 0 Å². The minimum Gasteiger partial charge on any atom is -0.432 e. The lowest BCUT2D eigenvalue weighted by Gasteiger charge is -2.33. The molecule has 9 nitrogen and oxygen atoms in total. The van der Waals surface area contributed by atoms with Gasteiger partial charge in [0, 0.05) is 27.7 Å². The predicted octanol–water partition coefficient (Wildman–Crippen LogP) is 0.174. The third-order valence-electron chi connectivity index (χ3n) is 2.25. The molecule has 0 spiro atoms. The van der Waals surface area contributed by atoms with Gasteiger partial charge in [-0.3, -0.25) is 23.9 Å². The highest BCUT2D eigenvalue weighted by Gasteiger charge is 2.52. The summed E-state index contributed by atoms with van der Waals surface area (Å²) in [5.41, 5.74) is 0. The molecule has 1 aliphatic rings. The number of esters is 4. The maximum atomic E-state index is 11.3. The van der Waals surface area contributed by atoms with Gasteiger partial charge in [-0.25, -0.2) is 0 Å². The maximum absolute atomic E-state index is 11.3. The van der Waals surface area contributed by atoms with Crippen LogP contribution in [0.5, 0.6) is 0 Å². The Labute approximate surface area is 126 Å². The van der Waals surface area contributed by atoms with Crippen LogP contribution < -0.4 is 0 Å². The average molecular weight is 316 g/mol. The van der Waals surface area contributed by atoms with Crippen LogP contribution in [0.1, 0.15) is 27.7 Å². The normalized spacial score (nSPS) is 23.0. The zero-order valence-electron chi connectivity index (χ0n) is 12.5. The van der Waals surface area contributed by atoms with Crippen molar-refractivity contribution in [3.8, 4) is 0 Å². The van der Waals surface area contributed by atoms with Crippen LogP contribution in [-0.2, 0) is 42.9 Å². The van der Waals surface area contributed by atoms with E-state index in [1.807, 2.05) is 0 Å². The quantitative estimate of drug-likeness (QED) is 0.303. The lowest BCUT2D eigenvalue weighted by molar-refractivity contribution is -0.320. The van der Waals surface area contributed by atoms with Crippen molar-refractivity contribution >= 4 is 23.9 Å². The zero-order chi connectivity index (χ0) is 16.9. The number of carbonyl (C=O) groups is 4. The lowest BCUT2D eigenvalue weighted by atomic mass is 10.2. The minimum atomic E-state index is -2.04. The third kappa shape index (κ3) is 4.85.